The normalized spacial score (nSPS) is 15.4. The van der Waals surface area contributed by atoms with Crippen LogP contribution >= 0.6 is 11.8 Å². The van der Waals surface area contributed by atoms with Crippen molar-refractivity contribution in [1.82, 2.24) is 4.57 Å². The van der Waals surface area contributed by atoms with Gasteiger partial charge >= 0.3 is 5.97 Å². The molecule has 0 radical (unpaired) electrons. The first kappa shape index (κ1) is 19.8. The van der Waals surface area contributed by atoms with Gasteiger partial charge in [0.25, 0.3) is 0 Å². The summed E-state index contributed by atoms with van der Waals surface area (Å²) in [6.45, 7) is 6.11. The number of aromatic nitrogens is 1. The Morgan fingerprint density at radius 3 is 2.74 bits per heavy atom. The van der Waals surface area contributed by atoms with Crippen molar-refractivity contribution in [3.63, 3.8) is 0 Å². The minimum atomic E-state index is -0.357. The number of fused-ring (bicyclic) bond motifs is 1. The predicted octanol–water partition coefficient (Wildman–Crippen LogP) is 3.17. The topological polar surface area (TPSA) is 66.8 Å². The van der Waals surface area contributed by atoms with E-state index >= 15 is 0 Å². The number of hydrogen-bond donors (Lipinski definition) is 0. The number of nitrogens with zero attached hydrogens (tertiary/aromatic N) is 1. The maximum Gasteiger partial charge on any atom is 0.325 e. The lowest BCUT2D eigenvalue weighted by molar-refractivity contribution is -0.141. The zero-order valence-corrected chi connectivity index (χ0v) is 16.8. The molecule has 1 fully saturated rings. The number of rotatable bonds is 9. The predicted molar refractivity (Wildman–Crippen MR) is 106 cm³/mol. The number of ketones is 1. The van der Waals surface area contributed by atoms with Crippen molar-refractivity contribution in [3.05, 3.63) is 30.0 Å². The van der Waals surface area contributed by atoms with Gasteiger partial charge in [-0.1, -0.05) is 6.92 Å². The van der Waals surface area contributed by atoms with Crippen LogP contribution in [-0.2, 0) is 20.8 Å². The number of thioether (sulfide) groups is 1. The van der Waals surface area contributed by atoms with Gasteiger partial charge in [0.1, 0.15) is 12.3 Å². The standard InChI is InChI=1S/C20H25NO5S/c1-14(22)17-9-21(10-19(23)24-3)18-5-4-15(8-16(17)18)26-6-7-27-13-20(2)11-25-12-20/h4-5,8-9H,6-7,10-13H2,1-3H3. The summed E-state index contributed by atoms with van der Waals surface area (Å²) in [6.07, 6.45) is 1.70. The summed E-state index contributed by atoms with van der Waals surface area (Å²) >= 11 is 1.87. The molecule has 1 saturated heterocycles. The monoisotopic (exact) mass is 391 g/mol. The number of methoxy groups -OCH3 is 1. The second-order valence-electron chi connectivity index (χ2n) is 7.19. The van der Waals surface area contributed by atoms with Crippen LogP contribution < -0.4 is 4.74 Å². The molecule has 1 aliphatic heterocycles. The van der Waals surface area contributed by atoms with E-state index in [9.17, 15) is 9.59 Å². The Labute approximate surface area is 163 Å². The van der Waals surface area contributed by atoms with Crippen LogP contribution in [0.5, 0.6) is 5.75 Å². The molecule has 0 atom stereocenters. The fraction of sp³-hybridized carbons (Fsp3) is 0.500. The van der Waals surface area contributed by atoms with Crippen molar-refractivity contribution in [2.45, 2.75) is 20.4 Å². The van der Waals surface area contributed by atoms with Crippen LogP contribution in [0, 0.1) is 5.41 Å². The number of esters is 1. The van der Waals surface area contributed by atoms with E-state index in [1.165, 1.54) is 14.0 Å². The number of carbonyl (C=O) groups is 2. The highest BCUT2D eigenvalue weighted by Gasteiger charge is 2.32. The highest BCUT2D eigenvalue weighted by Crippen LogP contribution is 2.31. The smallest absolute Gasteiger partial charge is 0.325 e. The molecule has 0 bridgehead atoms. The van der Waals surface area contributed by atoms with Gasteiger partial charge in [0.15, 0.2) is 5.78 Å². The molecule has 0 saturated carbocycles. The van der Waals surface area contributed by atoms with E-state index in [2.05, 4.69) is 6.92 Å². The molecule has 0 unspecified atom stereocenters. The maximum absolute atomic E-state index is 12.0. The van der Waals surface area contributed by atoms with E-state index in [-0.39, 0.29) is 18.3 Å². The quantitative estimate of drug-likeness (QED) is 0.372. The molecule has 2 aromatic rings. The fourth-order valence-corrected chi connectivity index (χ4v) is 4.06. The summed E-state index contributed by atoms with van der Waals surface area (Å²) in [7, 11) is 1.35. The van der Waals surface area contributed by atoms with E-state index in [1.54, 1.807) is 10.8 Å². The van der Waals surface area contributed by atoms with Crippen LogP contribution in [0.2, 0.25) is 0 Å². The lowest BCUT2D eigenvalue weighted by Gasteiger charge is -2.37. The molecule has 2 heterocycles. The highest BCUT2D eigenvalue weighted by atomic mass is 32.2. The second kappa shape index (κ2) is 8.35. The van der Waals surface area contributed by atoms with Gasteiger partial charge in [-0.3, -0.25) is 9.59 Å². The van der Waals surface area contributed by atoms with Crippen molar-refractivity contribution in [1.29, 1.82) is 0 Å². The molecular weight excluding hydrogens is 366 g/mol. The Balaban J connectivity index is 1.65. The minimum absolute atomic E-state index is 0.0488. The third kappa shape index (κ3) is 4.65. The third-order valence-corrected chi connectivity index (χ3v) is 5.96. The first-order valence-corrected chi connectivity index (χ1v) is 10.1. The zero-order valence-electron chi connectivity index (χ0n) is 15.9. The van der Waals surface area contributed by atoms with Crippen LogP contribution in [-0.4, -0.2) is 54.8 Å². The summed E-state index contributed by atoms with van der Waals surface area (Å²) in [5, 5.41) is 0.788. The molecular formula is C20H25NO5S. The Morgan fingerprint density at radius 2 is 2.11 bits per heavy atom. The number of hydrogen-bond acceptors (Lipinski definition) is 6. The number of benzene rings is 1. The molecule has 1 aromatic heterocycles. The van der Waals surface area contributed by atoms with Crippen molar-refractivity contribution in [3.8, 4) is 5.75 Å². The fourth-order valence-electron chi connectivity index (χ4n) is 3.05. The van der Waals surface area contributed by atoms with E-state index < -0.39 is 0 Å². The largest absolute Gasteiger partial charge is 0.493 e. The minimum Gasteiger partial charge on any atom is -0.493 e. The van der Waals surface area contributed by atoms with Crippen LogP contribution in [0.25, 0.3) is 10.9 Å². The highest BCUT2D eigenvalue weighted by molar-refractivity contribution is 7.99. The average Bonchev–Trinajstić information content (AvgIpc) is 2.98. The molecule has 0 amide bonds. The van der Waals surface area contributed by atoms with Crippen molar-refractivity contribution in [2.24, 2.45) is 5.41 Å². The summed E-state index contributed by atoms with van der Waals surface area (Å²) in [5.74, 6) is 2.29. The molecule has 146 valence electrons. The molecule has 6 nitrogen and oxygen atoms in total. The van der Waals surface area contributed by atoms with Crippen LogP contribution in [0.4, 0.5) is 0 Å². The molecule has 7 heteroatoms. The Morgan fingerprint density at radius 1 is 1.33 bits per heavy atom. The van der Waals surface area contributed by atoms with Gasteiger partial charge in [-0.25, -0.2) is 0 Å². The summed E-state index contributed by atoms with van der Waals surface area (Å²) in [6, 6.07) is 5.61. The maximum atomic E-state index is 12.0. The van der Waals surface area contributed by atoms with Gasteiger partial charge in [-0.15, -0.1) is 0 Å². The van der Waals surface area contributed by atoms with Crippen molar-refractivity contribution in [2.75, 3.05) is 38.4 Å². The van der Waals surface area contributed by atoms with E-state index in [4.69, 9.17) is 14.2 Å². The van der Waals surface area contributed by atoms with Gasteiger partial charge in [0, 0.05) is 39.6 Å². The molecule has 1 aromatic carbocycles. The number of carbonyl (C=O) groups excluding carboxylic acids is 2. The summed E-state index contributed by atoms with van der Waals surface area (Å²) in [4.78, 5) is 23.6. The van der Waals surface area contributed by atoms with Gasteiger partial charge in [0.2, 0.25) is 0 Å². The van der Waals surface area contributed by atoms with E-state index in [0.29, 0.717) is 17.6 Å². The summed E-state index contributed by atoms with van der Waals surface area (Å²) in [5.41, 5.74) is 1.69. The van der Waals surface area contributed by atoms with Crippen LogP contribution in [0.3, 0.4) is 0 Å². The molecule has 1 aliphatic rings. The van der Waals surface area contributed by atoms with Crippen LogP contribution in [0.1, 0.15) is 24.2 Å². The van der Waals surface area contributed by atoms with E-state index in [0.717, 1.165) is 41.4 Å². The summed E-state index contributed by atoms with van der Waals surface area (Å²) < 4.78 is 17.6. The lowest BCUT2D eigenvalue weighted by atomic mass is 9.92. The Kier molecular flexibility index (Phi) is 6.11. The van der Waals surface area contributed by atoms with Crippen molar-refractivity contribution < 1.29 is 23.8 Å². The van der Waals surface area contributed by atoms with Gasteiger partial charge in [-0.2, -0.15) is 11.8 Å². The molecule has 0 N–H and O–H groups in total. The number of Topliss-reactive ketones (excluding diaryl/α,β-unsaturated/α-hetero) is 1. The Hall–Kier alpha value is -1.99. The lowest BCUT2D eigenvalue weighted by Crippen LogP contribution is -2.41. The molecule has 0 aliphatic carbocycles. The zero-order chi connectivity index (χ0) is 19.4. The van der Waals surface area contributed by atoms with Crippen molar-refractivity contribution >= 4 is 34.4 Å². The molecule has 0 spiro atoms. The van der Waals surface area contributed by atoms with E-state index in [1.807, 2.05) is 30.0 Å². The first-order chi connectivity index (χ1) is 12.9. The second-order valence-corrected chi connectivity index (χ2v) is 8.29. The van der Waals surface area contributed by atoms with Gasteiger partial charge in [0.05, 0.1) is 26.9 Å². The number of ether oxygens (including phenoxy) is 3. The Bertz CT molecular complexity index is 840. The molecule has 3 rings (SSSR count). The SMILES string of the molecule is COC(=O)Cn1cc(C(C)=O)c2cc(OCCSCC3(C)COC3)ccc21. The molecule has 27 heavy (non-hydrogen) atoms. The van der Waals surface area contributed by atoms with Crippen LogP contribution in [0.15, 0.2) is 24.4 Å². The average molecular weight is 391 g/mol. The third-order valence-electron chi connectivity index (χ3n) is 4.61. The first-order valence-electron chi connectivity index (χ1n) is 8.91. The van der Waals surface area contributed by atoms with Gasteiger partial charge < -0.3 is 18.8 Å². The van der Waals surface area contributed by atoms with Gasteiger partial charge in [-0.05, 0) is 25.1 Å².